The number of halogens is 4. The molecule has 3 N–H and O–H groups in total. The average molecular weight is 506 g/mol. The van der Waals surface area contributed by atoms with Crippen LogP contribution in [0.4, 0.5) is 18.9 Å². The number of hydrogen-bond acceptors (Lipinski definition) is 3. The normalized spacial score (nSPS) is 14.8. The largest absolute Gasteiger partial charge is 0.573 e. The summed E-state index contributed by atoms with van der Waals surface area (Å²) in [4.78, 5) is 6.60. The topological polar surface area (TPSA) is 62.9 Å². The van der Waals surface area contributed by atoms with Crippen molar-refractivity contribution in [3.05, 3.63) is 59.7 Å². The molecule has 9 heteroatoms. The molecule has 1 aliphatic rings. The van der Waals surface area contributed by atoms with Crippen LogP contribution in [0.15, 0.2) is 53.5 Å². The molecule has 1 heterocycles. The molecular weight excluding hydrogens is 484 g/mol. The van der Waals surface area contributed by atoms with E-state index < -0.39 is 6.36 Å². The first-order valence-electron chi connectivity index (χ1n) is 8.61. The zero-order valence-electron chi connectivity index (χ0n) is 15.1. The van der Waals surface area contributed by atoms with E-state index in [-0.39, 0.29) is 35.7 Å². The zero-order valence-corrected chi connectivity index (χ0v) is 17.4. The van der Waals surface area contributed by atoms with Crippen molar-refractivity contribution in [2.24, 2.45) is 10.7 Å². The summed E-state index contributed by atoms with van der Waals surface area (Å²) in [7, 11) is 0. The molecule has 5 nitrogen and oxygen atoms in total. The highest BCUT2D eigenvalue weighted by Crippen LogP contribution is 2.24. The predicted octanol–water partition coefficient (Wildman–Crippen LogP) is 3.99. The van der Waals surface area contributed by atoms with Gasteiger partial charge in [-0.25, -0.2) is 0 Å². The minimum atomic E-state index is -4.70. The lowest BCUT2D eigenvalue weighted by Gasteiger charge is -2.28. The van der Waals surface area contributed by atoms with Crippen LogP contribution in [-0.2, 0) is 13.0 Å². The highest BCUT2D eigenvalue weighted by Gasteiger charge is 2.30. The molecule has 0 aromatic heterocycles. The third-order valence-electron chi connectivity index (χ3n) is 4.27. The fourth-order valence-corrected chi connectivity index (χ4v) is 2.98. The molecule has 0 fully saturated rings. The Hall–Kier alpha value is -2.01. The van der Waals surface area contributed by atoms with Crippen molar-refractivity contribution < 1.29 is 17.9 Å². The fourth-order valence-electron chi connectivity index (χ4n) is 2.98. The Morgan fingerprint density at radius 3 is 2.46 bits per heavy atom. The molecule has 0 aliphatic carbocycles. The second-order valence-corrected chi connectivity index (χ2v) is 6.26. The number of nitrogens with one attached hydrogen (secondary N) is 1. The summed E-state index contributed by atoms with van der Waals surface area (Å²) in [5, 5.41) is 2.86. The summed E-state index contributed by atoms with van der Waals surface area (Å²) < 4.78 is 40.3. The standard InChI is InChI=1S/C19H21F3N4O.HI/c20-19(21,22)27-17-7-5-16(6-8-17)25-18(23)24-10-12-26-11-9-14-3-1-2-4-15(14)13-26;/h1-8H,9-13H2,(H3,23,24,25);1H. The van der Waals surface area contributed by atoms with Gasteiger partial charge in [0.15, 0.2) is 5.96 Å². The molecule has 0 saturated heterocycles. The van der Waals surface area contributed by atoms with Crippen molar-refractivity contribution in [3.8, 4) is 5.75 Å². The Bertz CT molecular complexity index is 797. The van der Waals surface area contributed by atoms with Gasteiger partial charge in [0.05, 0.1) is 6.54 Å². The van der Waals surface area contributed by atoms with Crippen molar-refractivity contribution in [1.82, 2.24) is 4.90 Å². The molecule has 0 atom stereocenters. The minimum absolute atomic E-state index is 0. The Balaban J connectivity index is 0.00000280. The first kappa shape index (κ1) is 22.3. The van der Waals surface area contributed by atoms with Gasteiger partial charge in [0, 0.05) is 25.3 Å². The third kappa shape index (κ3) is 6.86. The molecule has 0 saturated carbocycles. The molecule has 2 aromatic carbocycles. The Morgan fingerprint density at radius 2 is 1.79 bits per heavy atom. The molecule has 3 rings (SSSR count). The van der Waals surface area contributed by atoms with Crippen LogP contribution in [0, 0.1) is 0 Å². The van der Waals surface area contributed by atoms with Crippen LogP contribution >= 0.6 is 24.0 Å². The molecular formula is C19H22F3IN4O. The van der Waals surface area contributed by atoms with Crippen molar-refractivity contribution in [3.63, 3.8) is 0 Å². The number of alkyl halides is 3. The second kappa shape index (κ2) is 9.97. The highest BCUT2D eigenvalue weighted by molar-refractivity contribution is 14.0. The highest BCUT2D eigenvalue weighted by atomic mass is 127. The number of fused-ring (bicyclic) bond motifs is 1. The van der Waals surface area contributed by atoms with Gasteiger partial charge in [0.2, 0.25) is 0 Å². The van der Waals surface area contributed by atoms with Crippen molar-refractivity contribution >= 4 is 35.6 Å². The van der Waals surface area contributed by atoms with Crippen molar-refractivity contribution in [2.45, 2.75) is 19.3 Å². The minimum Gasteiger partial charge on any atom is -0.406 e. The summed E-state index contributed by atoms with van der Waals surface area (Å²) in [6.45, 7) is 3.21. The smallest absolute Gasteiger partial charge is 0.406 e. The van der Waals surface area contributed by atoms with E-state index in [0.717, 1.165) is 26.1 Å². The number of benzene rings is 2. The van der Waals surface area contributed by atoms with E-state index in [1.54, 1.807) is 0 Å². The van der Waals surface area contributed by atoms with Crippen LogP contribution in [0.3, 0.4) is 0 Å². The van der Waals surface area contributed by atoms with Crippen LogP contribution in [0.25, 0.3) is 0 Å². The lowest BCUT2D eigenvalue weighted by atomic mass is 10.0. The molecule has 0 radical (unpaired) electrons. The van der Waals surface area contributed by atoms with Crippen molar-refractivity contribution in [2.75, 3.05) is 25.0 Å². The van der Waals surface area contributed by atoms with E-state index in [0.29, 0.717) is 12.2 Å². The first-order chi connectivity index (χ1) is 12.9. The van der Waals surface area contributed by atoms with Crippen LogP contribution < -0.4 is 15.8 Å². The maximum Gasteiger partial charge on any atom is 0.573 e. The quantitative estimate of drug-likeness (QED) is 0.366. The van der Waals surface area contributed by atoms with Gasteiger partial charge in [-0.15, -0.1) is 37.1 Å². The number of nitrogens with two attached hydrogens (primary N) is 1. The molecule has 152 valence electrons. The van der Waals surface area contributed by atoms with Gasteiger partial charge in [-0.3, -0.25) is 9.89 Å². The molecule has 0 unspecified atom stereocenters. The zero-order chi connectivity index (χ0) is 19.3. The monoisotopic (exact) mass is 506 g/mol. The fraction of sp³-hybridized carbons (Fsp3) is 0.316. The number of anilines is 1. The number of nitrogens with zero attached hydrogens (tertiary/aromatic N) is 2. The van der Waals surface area contributed by atoms with Crippen molar-refractivity contribution in [1.29, 1.82) is 0 Å². The lowest BCUT2D eigenvalue weighted by molar-refractivity contribution is -0.274. The summed E-state index contributed by atoms with van der Waals surface area (Å²) >= 11 is 0. The predicted molar refractivity (Wildman–Crippen MR) is 114 cm³/mol. The van der Waals surface area contributed by atoms with E-state index in [2.05, 4.69) is 38.1 Å². The molecule has 0 amide bonds. The third-order valence-corrected chi connectivity index (χ3v) is 4.27. The lowest BCUT2D eigenvalue weighted by Crippen LogP contribution is -2.33. The number of guanidine groups is 1. The summed E-state index contributed by atoms with van der Waals surface area (Å²) in [5.74, 6) is -0.0640. The SMILES string of the molecule is I.NC(=NCCN1CCc2ccccc2C1)Nc1ccc(OC(F)(F)F)cc1. The second-order valence-electron chi connectivity index (χ2n) is 6.26. The van der Waals surface area contributed by atoms with Crippen LogP contribution in [0.5, 0.6) is 5.75 Å². The molecule has 0 bridgehead atoms. The Kier molecular flexibility index (Phi) is 7.93. The number of hydrogen-bond donors (Lipinski definition) is 2. The van der Waals surface area contributed by atoms with Gasteiger partial charge < -0.3 is 15.8 Å². The van der Waals surface area contributed by atoms with E-state index in [1.165, 1.54) is 35.4 Å². The van der Waals surface area contributed by atoms with Crippen LogP contribution in [0.1, 0.15) is 11.1 Å². The number of aliphatic imine (C=N–C) groups is 1. The van der Waals surface area contributed by atoms with E-state index in [4.69, 9.17) is 5.73 Å². The van der Waals surface area contributed by atoms with E-state index in [9.17, 15) is 13.2 Å². The van der Waals surface area contributed by atoms with Gasteiger partial charge in [-0.1, -0.05) is 24.3 Å². The van der Waals surface area contributed by atoms with Gasteiger partial charge in [0.1, 0.15) is 5.75 Å². The number of rotatable bonds is 5. The molecule has 28 heavy (non-hydrogen) atoms. The van der Waals surface area contributed by atoms with Crippen LogP contribution in [-0.4, -0.2) is 36.9 Å². The van der Waals surface area contributed by atoms with Gasteiger partial charge in [0.25, 0.3) is 0 Å². The van der Waals surface area contributed by atoms with E-state index >= 15 is 0 Å². The number of ether oxygens (including phenoxy) is 1. The molecule has 1 aliphatic heterocycles. The maximum atomic E-state index is 12.1. The first-order valence-corrected chi connectivity index (χ1v) is 8.61. The van der Waals surface area contributed by atoms with E-state index in [1.807, 2.05) is 6.07 Å². The van der Waals surface area contributed by atoms with Gasteiger partial charge >= 0.3 is 6.36 Å². The molecule has 0 spiro atoms. The maximum absolute atomic E-state index is 12.1. The van der Waals surface area contributed by atoms with Crippen LogP contribution in [0.2, 0.25) is 0 Å². The Morgan fingerprint density at radius 1 is 1.11 bits per heavy atom. The summed E-state index contributed by atoms with van der Waals surface area (Å²) in [6, 6.07) is 13.8. The van der Waals surface area contributed by atoms with Gasteiger partial charge in [-0.2, -0.15) is 0 Å². The molecule has 2 aromatic rings. The van der Waals surface area contributed by atoms with Gasteiger partial charge in [-0.05, 0) is 41.8 Å². The summed E-state index contributed by atoms with van der Waals surface area (Å²) in [6.07, 6.45) is -3.68. The summed E-state index contributed by atoms with van der Waals surface area (Å²) in [5.41, 5.74) is 9.13. The Labute approximate surface area is 178 Å². The average Bonchev–Trinajstić information content (AvgIpc) is 2.62.